The van der Waals surface area contributed by atoms with E-state index in [1.807, 2.05) is 0 Å². The number of carboxylic acid groups (broad SMARTS) is 1. The standard InChI is InChI=1S/C14H16N2O5/c1-14(2,3)21-13(19)16-10-5-8(12(17)18)6-11(20-4)9(10)7-15-16/h5-7H,1-4H3,(H,17,18). The minimum absolute atomic E-state index is 0.00431. The summed E-state index contributed by atoms with van der Waals surface area (Å²) in [5.74, 6) is -0.785. The number of aromatic nitrogens is 2. The van der Waals surface area contributed by atoms with Crippen molar-refractivity contribution in [2.75, 3.05) is 7.11 Å². The lowest BCUT2D eigenvalue weighted by Gasteiger charge is -2.19. The molecule has 1 aromatic carbocycles. The van der Waals surface area contributed by atoms with Crippen LogP contribution < -0.4 is 4.74 Å². The third-order valence-electron chi connectivity index (χ3n) is 2.68. The summed E-state index contributed by atoms with van der Waals surface area (Å²) in [5.41, 5.74) is -0.352. The maximum atomic E-state index is 12.1. The van der Waals surface area contributed by atoms with Crippen molar-refractivity contribution in [2.24, 2.45) is 0 Å². The molecule has 1 N–H and O–H groups in total. The summed E-state index contributed by atoms with van der Waals surface area (Å²) in [7, 11) is 1.42. The Hall–Kier alpha value is -2.57. The first-order chi connectivity index (χ1) is 9.73. The van der Waals surface area contributed by atoms with Gasteiger partial charge in [-0.25, -0.2) is 9.59 Å². The first-order valence-electron chi connectivity index (χ1n) is 6.25. The molecule has 0 spiro atoms. The van der Waals surface area contributed by atoms with Gasteiger partial charge < -0.3 is 14.6 Å². The number of benzene rings is 1. The Balaban J connectivity index is 2.58. The maximum absolute atomic E-state index is 12.1. The number of hydrogen-bond acceptors (Lipinski definition) is 5. The summed E-state index contributed by atoms with van der Waals surface area (Å²) < 4.78 is 11.4. The normalized spacial score (nSPS) is 11.4. The zero-order chi connectivity index (χ0) is 15.8. The molecule has 0 fully saturated rings. The van der Waals surface area contributed by atoms with Crippen molar-refractivity contribution in [2.45, 2.75) is 26.4 Å². The third-order valence-corrected chi connectivity index (χ3v) is 2.68. The molecule has 0 amide bonds. The number of hydrogen-bond donors (Lipinski definition) is 1. The fraction of sp³-hybridized carbons (Fsp3) is 0.357. The van der Waals surface area contributed by atoms with Crippen molar-refractivity contribution in [3.05, 3.63) is 23.9 Å². The van der Waals surface area contributed by atoms with Gasteiger partial charge in [-0.3, -0.25) is 0 Å². The molecule has 2 rings (SSSR count). The van der Waals surface area contributed by atoms with Gasteiger partial charge in [0.1, 0.15) is 11.4 Å². The van der Waals surface area contributed by atoms with E-state index in [1.165, 1.54) is 25.4 Å². The van der Waals surface area contributed by atoms with Crippen molar-refractivity contribution in [1.29, 1.82) is 0 Å². The number of carbonyl (C=O) groups is 2. The van der Waals surface area contributed by atoms with Crippen LogP contribution in [-0.2, 0) is 4.74 Å². The number of nitrogens with zero attached hydrogens (tertiary/aromatic N) is 2. The minimum Gasteiger partial charge on any atom is -0.496 e. The second-order valence-electron chi connectivity index (χ2n) is 5.45. The summed E-state index contributed by atoms with van der Waals surface area (Å²) in [6.07, 6.45) is 0.756. The number of fused-ring (bicyclic) bond motifs is 1. The van der Waals surface area contributed by atoms with Crippen LogP contribution in [0.1, 0.15) is 31.1 Å². The molecule has 2 aromatic rings. The monoisotopic (exact) mass is 292 g/mol. The molecule has 0 aliphatic rings. The van der Waals surface area contributed by atoms with E-state index in [0.29, 0.717) is 16.7 Å². The van der Waals surface area contributed by atoms with Crippen LogP contribution in [0.15, 0.2) is 18.3 Å². The third kappa shape index (κ3) is 2.96. The highest BCUT2D eigenvalue weighted by Crippen LogP contribution is 2.28. The van der Waals surface area contributed by atoms with E-state index >= 15 is 0 Å². The van der Waals surface area contributed by atoms with Crippen LogP contribution in [0.3, 0.4) is 0 Å². The highest BCUT2D eigenvalue weighted by Gasteiger charge is 2.22. The van der Waals surface area contributed by atoms with E-state index in [9.17, 15) is 9.59 Å². The Kier molecular flexibility index (Phi) is 3.59. The van der Waals surface area contributed by atoms with Gasteiger partial charge in [0, 0.05) is 0 Å². The van der Waals surface area contributed by atoms with Crippen LogP contribution in [0.25, 0.3) is 10.9 Å². The Morgan fingerprint density at radius 1 is 1.29 bits per heavy atom. The predicted octanol–water partition coefficient (Wildman–Crippen LogP) is 2.53. The SMILES string of the molecule is COc1cc(C(=O)O)cc2c1cnn2C(=O)OC(C)(C)C. The fourth-order valence-electron chi connectivity index (χ4n) is 1.84. The van der Waals surface area contributed by atoms with Gasteiger partial charge >= 0.3 is 12.1 Å². The number of ether oxygens (including phenoxy) is 2. The lowest BCUT2D eigenvalue weighted by Crippen LogP contribution is -2.27. The van der Waals surface area contributed by atoms with Gasteiger partial charge in [0.15, 0.2) is 0 Å². The number of carboxylic acids is 1. The van der Waals surface area contributed by atoms with Crippen LogP contribution in [0.2, 0.25) is 0 Å². The van der Waals surface area contributed by atoms with Crippen molar-refractivity contribution in [1.82, 2.24) is 9.78 Å². The number of carbonyl (C=O) groups excluding carboxylic acids is 1. The molecular weight excluding hydrogens is 276 g/mol. The quantitative estimate of drug-likeness (QED) is 0.914. The van der Waals surface area contributed by atoms with E-state index in [4.69, 9.17) is 14.6 Å². The molecule has 0 aliphatic heterocycles. The van der Waals surface area contributed by atoms with Gasteiger partial charge in [0.05, 0.1) is 29.8 Å². The lowest BCUT2D eigenvalue weighted by molar-refractivity contribution is 0.0521. The van der Waals surface area contributed by atoms with Gasteiger partial charge in [-0.2, -0.15) is 9.78 Å². The Morgan fingerprint density at radius 3 is 2.48 bits per heavy atom. The molecule has 0 bridgehead atoms. The van der Waals surface area contributed by atoms with E-state index in [0.717, 1.165) is 4.68 Å². The van der Waals surface area contributed by atoms with Gasteiger partial charge in [-0.1, -0.05) is 0 Å². The van der Waals surface area contributed by atoms with Crippen molar-refractivity contribution < 1.29 is 24.2 Å². The van der Waals surface area contributed by atoms with Gasteiger partial charge in [0.25, 0.3) is 0 Å². The lowest BCUT2D eigenvalue weighted by atomic mass is 10.1. The zero-order valence-corrected chi connectivity index (χ0v) is 12.2. The average Bonchev–Trinajstić information content (AvgIpc) is 2.79. The highest BCUT2D eigenvalue weighted by molar-refractivity contribution is 5.98. The molecular formula is C14H16N2O5. The first kappa shape index (κ1) is 14.8. The molecule has 0 saturated carbocycles. The summed E-state index contributed by atoms with van der Waals surface area (Å²) in [5, 5.41) is 13.6. The van der Waals surface area contributed by atoms with Crippen LogP contribution in [0.4, 0.5) is 4.79 Å². The topological polar surface area (TPSA) is 90.6 Å². The van der Waals surface area contributed by atoms with Crippen LogP contribution in [0, 0.1) is 0 Å². The largest absolute Gasteiger partial charge is 0.496 e. The Labute approximate surface area is 121 Å². The average molecular weight is 292 g/mol. The molecule has 1 aromatic heterocycles. The van der Waals surface area contributed by atoms with Crippen LogP contribution in [0.5, 0.6) is 5.75 Å². The molecule has 1 heterocycles. The van der Waals surface area contributed by atoms with E-state index in [1.54, 1.807) is 20.8 Å². The zero-order valence-electron chi connectivity index (χ0n) is 12.2. The Morgan fingerprint density at radius 2 is 1.95 bits per heavy atom. The van der Waals surface area contributed by atoms with Crippen molar-refractivity contribution in [3.8, 4) is 5.75 Å². The molecule has 0 aliphatic carbocycles. The molecule has 21 heavy (non-hydrogen) atoms. The van der Waals surface area contributed by atoms with E-state index in [-0.39, 0.29) is 5.56 Å². The summed E-state index contributed by atoms with van der Waals surface area (Å²) >= 11 is 0. The van der Waals surface area contributed by atoms with Crippen LogP contribution >= 0.6 is 0 Å². The molecule has 0 radical (unpaired) electrons. The molecule has 7 nitrogen and oxygen atoms in total. The minimum atomic E-state index is -1.12. The smallest absolute Gasteiger partial charge is 0.435 e. The Bertz CT molecular complexity index is 712. The number of methoxy groups -OCH3 is 1. The number of rotatable bonds is 2. The maximum Gasteiger partial charge on any atom is 0.435 e. The van der Waals surface area contributed by atoms with E-state index < -0.39 is 17.7 Å². The van der Waals surface area contributed by atoms with Gasteiger partial charge in [-0.15, -0.1) is 0 Å². The van der Waals surface area contributed by atoms with Crippen LogP contribution in [-0.4, -0.2) is 39.7 Å². The fourth-order valence-corrected chi connectivity index (χ4v) is 1.84. The summed E-state index contributed by atoms with van der Waals surface area (Å²) in [6.45, 7) is 5.21. The second kappa shape index (κ2) is 5.08. The highest BCUT2D eigenvalue weighted by atomic mass is 16.6. The van der Waals surface area contributed by atoms with Crippen molar-refractivity contribution >= 4 is 23.0 Å². The number of aromatic carboxylic acids is 1. The summed E-state index contributed by atoms with van der Waals surface area (Å²) in [4.78, 5) is 23.2. The molecule has 0 unspecified atom stereocenters. The van der Waals surface area contributed by atoms with E-state index in [2.05, 4.69) is 5.10 Å². The van der Waals surface area contributed by atoms with Gasteiger partial charge in [0.2, 0.25) is 0 Å². The van der Waals surface area contributed by atoms with Gasteiger partial charge in [-0.05, 0) is 32.9 Å². The second-order valence-corrected chi connectivity index (χ2v) is 5.45. The van der Waals surface area contributed by atoms with Crippen molar-refractivity contribution in [3.63, 3.8) is 0 Å². The predicted molar refractivity (Wildman–Crippen MR) is 74.9 cm³/mol. The molecule has 0 saturated heterocycles. The molecule has 0 atom stereocenters. The summed E-state index contributed by atoms with van der Waals surface area (Å²) in [6, 6.07) is 2.74. The first-order valence-corrected chi connectivity index (χ1v) is 6.25. The molecule has 112 valence electrons. The molecule has 7 heteroatoms.